The molecule has 0 saturated carbocycles. The fourth-order valence-corrected chi connectivity index (χ4v) is 4.95. The zero-order valence-electron chi connectivity index (χ0n) is 13.8. The predicted octanol–water partition coefficient (Wildman–Crippen LogP) is 2.31. The third kappa shape index (κ3) is 4.26. The van der Waals surface area contributed by atoms with Crippen molar-refractivity contribution < 1.29 is 17.8 Å². The standard InChI is InChI=1S/C15H29N2O3Si/c1-6-11-15-16(12-7-2)13-14-17(15)21(18-8-3,19-9-4)20-10-5/h7,13-14H,2,6,8-12H2,1,3-5H3/q+1. The van der Waals surface area contributed by atoms with Gasteiger partial charge in [0.25, 0.3) is 0 Å². The van der Waals surface area contributed by atoms with Crippen LogP contribution in [0.3, 0.4) is 0 Å². The minimum absolute atomic E-state index is 0.567. The number of aromatic nitrogens is 2. The van der Waals surface area contributed by atoms with E-state index in [9.17, 15) is 0 Å². The molecule has 0 unspecified atom stereocenters. The van der Waals surface area contributed by atoms with Crippen LogP contribution in [0.5, 0.6) is 0 Å². The summed E-state index contributed by atoms with van der Waals surface area (Å²) in [6.07, 6.45) is 7.96. The van der Waals surface area contributed by atoms with Crippen LogP contribution in [-0.2, 0) is 26.2 Å². The molecule has 1 heterocycles. The van der Waals surface area contributed by atoms with Crippen molar-refractivity contribution in [2.24, 2.45) is 0 Å². The lowest BCUT2D eigenvalue weighted by atomic mass is 10.3. The summed E-state index contributed by atoms with van der Waals surface area (Å²) in [4.78, 5) is 0. The highest BCUT2D eigenvalue weighted by atomic mass is 28.4. The van der Waals surface area contributed by atoms with E-state index in [1.807, 2.05) is 39.2 Å². The Morgan fingerprint density at radius 2 is 1.71 bits per heavy atom. The van der Waals surface area contributed by atoms with Gasteiger partial charge in [-0.3, -0.25) is 0 Å². The van der Waals surface area contributed by atoms with Crippen molar-refractivity contribution in [2.75, 3.05) is 19.8 Å². The van der Waals surface area contributed by atoms with Gasteiger partial charge in [0.2, 0.25) is 5.82 Å². The van der Waals surface area contributed by atoms with Gasteiger partial charge in [-0.2, -0.15) is 0 Å². The first-order valence-electron chi connectivity index (χ1n) is 7.81. The lowest BCUT2D eigenvalue weighted by Crippen LogP contribution is -2.55. The third-order valence-electron chi connectivity index (χ3n) is 3.08. The predicted molar refractivity (Wildman–Crippen MR) is 84.8 cm³/mol. The molecule has 6 heteroatoms. The molecule has 0 amide bonds. The van der Waals surface area contributed by atoms with Crippen LogP contribution in [0.15, 0.2) is 25.0 Å². The Morgan fingerprint density at radius 3 is 2.14 bits per heavy atom. The van der Waals surface area contributed by atoms with Gasteiger partial charge < -0.3 is 13.3 Å². The van der Waals surface area contributed by atoms with Crippen LogP contribution in [0.2, 0.25) is 0 Å². The number of allylic oxidation sites excluding steroid dienone is 1. The molecule has 0 fully saturated rings. The second-order valence-electron chi connectivity index (χ2n) is 4.60. The van der Waals surface area contributed by atoms with Gasteiger partial charge in [-0.25, -0.2) is 8.80 Å². The summed E-state index contributed by atoms with van der Waals surface area (Å²) in [5, 5.41) is 0. The highest BCUT2D eigenvalue weighted by Crippen LogP contribution is 2.16. The molecule has 1 aromatic rings. The van der Waals surface area contributed by atoms with Crippen LogP contribution >= 0.6 is 0 Å². The minimum Gasteiger partial charge on any atom is -0.338 e. The molecule has 0 aromatic carbocycles. The van der Waals surface area contributed by atoms with Gasteiger partial charge in [0.05, 0.1) is 0 Å². The largest absolute Gasteiger partial charge is 0.757 e. The maximum atomic E-state index is 5.99. The van der Waals surface area contributed by atoms with Crippen molar-refractivity contribution in [3.8, 4) is 0 Å². The zero-order chi connectivity index (χ0) is 15.7. The molecule has 1 rings (SSSR count). The van der Waals surface area contributed by atoms with Crippen molar-refractivity contribution in [2.45, 2.75) is 47.1 Å². The van der Waals surface area contributed by atoms with Crippen LogP contribution in [0, 0.1) is 0 Å². The second kappa shape index (κ2) is 9.14. The summed E-state index contributed by atoms with van der Waals surface area (Å²) in [5.74, 6) is 1.17. The number of rotatable bonds is 11. The molecule has 120 valence electrons. The molecule has 0 atom stereocenters. The van der Waals surface area contributed by atoms with Gasteiger partial charge in [0.1, 0.15) is 18.9 Å². The number of nitrogens with zero attached hydrogens (tertiary/aromatic N) is 2. The summed E-state index contributed by atoms with van der Waals surface area (Å²) in [6.45, 7) is 14.4. The summed E-state index contributed by atoms with van der Waals surface area (Å²) < 4.78 is 22.2. The molecular formula is C15H29N2O3Si+. The molecule has 0 radical (unpaired) electrons. The van der Waals surface area contributed by atoms with Gasteiger partial charge in [-0.15, -0.1) is 0 Å². The van der Waals surface area contributed by atoms with Gasteiger partial charge in [0, 0.05) is 26.2 Å². The average Bonchev–Trinajstić information content (AvgIpc) is 2.84. The smallest absolute Gasteiger partial charge is 0.338 e. The molecule has 0 N–H and O–H groups in total. The van der Waals surface area contributed by atoms with Gasteiger partial charge in [-0.1, -0.05) is 19.6 Å². The molecular weight excluding hydrogens is 284 g/mol. The Bertz CT molecular complexity index is 418. The van der Waals surface area contributed by atoms with E-state index in [-0.39, 0.29) is 0 Å². The summed E-state index contributed by atoms with van der Waals surface area (Å²) >= 11 is 0. The average molecular weight is 313 g/mol. The number of imidazole rings is 1. The van der Waals surface area contributed by atoms with E-state index in [1.165, 1.54) is 5.82 Å². The van der Waals surface area contributed by atoms with Crippen molar-refractivity contribution in [3.05, 3.63) is 30.9 Å². The Hall–Kier alpha value is -0.953. The Morgan fingerprint density at radius 1 is 1.14 bits per heavy atom. The van der Waals surface area contributed by atoms with Crippen LogP contribution in [0.4, 0.5) is 0 Å². The van der Waals surface area contributed by atoms with E-state index < -0.39 is 8.97 Å². The van der Waals surface area contributed by atoms with Gasteiger partial charge in [-0.05, 0) is 27.2 Å². The molecule has 21 heavy (non-hydrogen) atoms. The van der Waals surface area contributed by atoms with Crippen molar-refractivity contribution in [1.82, 2.24) is 4.23 Å². The monoisotopic (exact) mass is 313 g/mol. The fraction of sp³-hybridized carbons (Fsp3) is 0.667. The van der Waals surface area contributed by atoms with E-state index in [1.54, 1.807) is 0 Å². The fourth-order valence-electron chi connectivity index (χ4n) is 2.38. The molecule has 0 spiro atoms. The van der Waals surface area contributed by atoms with Gasteiger partial charge >= 0.3 is 8.97 Å². The number of hydrogen-bond donors (Lipinski definition) is 0. The molecule has 0 saturated heterocycles. The first-order chi connectivity index (χ1) is 10.2. The van der Waals surface area contributed by atoms with Crippen LogP contribution in [0.25, 0.3) is 0 Å². The maximum Gasteiger partial charge on any atom is 0.757 e. The van der Waals surface area contributed by atoms with E-state index in [0.29, 0.717) is 19.8 Å². The quantitative estimate of drug-likeness (QED) is 0.357. The Balaban J connectivity index is 3.30. The lowest BCUT2D eigenvalue weighted by Gasteiger charge is -2.24. The number of hydrogen-bond acceptors (Lipinski definition) is 3. The molecule has 0 bridgehead atoms. The van der Waals surface area contributed by atoms with E-state index in [0.717, 1.165) is 19.4 Å². The molecule has 0 aliphatic heterocycles. The van der Waals surface area contributed by atoms with Gasteiger partial charge in [0.15, 0.2) is 0 Å². The first-order valence-corrected chi connectivity index (χ1v) is 9.49. The normalized spacial score (nSPS) is 11.8. The van der Waals surface area contributed by atoms with E-state index >= 15 is 0 Å². The SMILES string of the molecule is C=CC[n+]1ccn([Si](OCC)(OCC)OCC)c1CCC. The summed E-state index contributed by atoms with van der Waals surface area (Å²) in [7, 11) is -2.90. The maximum absolute atomic E-state index is 5.99. The third-order valence-corrected chi connectivity index (χ3v) is 6.04. The van der Waals surface area contributed by atoms with Crippen molar-refractivity contribution in [3.63, 3.8) is 0 Å². The van der Waals surface area contributed by atoms with E-state index in [4.69, 9.17) is 13.3 Å². The molecule has 5 nitrogen and oxygen atoms in total. The molecule has 0 aliphatic rings. The zero-order valence-corrected chi connectivity index (χ0v) is 14.8. The minimum atomic E-state index is -2.90. The lowest BCUT2D eigenvalue weighted by molar-refractivity contribution is -0.693. The van der Waals surface area contributed by atoms with Crippen LogP contribution < -0.4 is 4.57 Å². The summed E-state index contributed by atoms with van der Waals surface area (Å²) in [6, 6.07) is 0. The molecule has 1 aromatic heterocycles. The second-order valence-corrected chi connectivity index (χ2v) is 6.99. The van der Waals surface area contributed by atoms with Crippen LogP contribution in [-0.4, -0.2) is 33.0 Å². The Labute approximate surface area is 129 Å². The van der Waals surface area contributed by atoms with Crippen molar-refractivity contribution >= 4 is 8.97 Å². The molecule has 0 aliphatic carbocycles. The van der Waals surface area contributed by atoms with E-state index in [2.05, 4.69) is 22.3 Å². The topological polar surface area (TPSA) is 36.5 Å². The van der Waals surface area contributed by atoms with Crippen LogP contribution in [0.1, 0.15) is 39.9 Å². The highest BCUT2D eigenvalue weighted by molar-refractivity contribution is 6.59. The Kier molecular flexibility index (Phi) is 7.88. The first kappa shape index (κ1) is 18.1. The van der Waals surface area contributed by atoms with Crippen molar-refractivity contribution in [1.29, 1.82) is 0 Å². The summed E-state index contributed by atoms with van der Waals surface area (Å²) in [5.41, 5.74) is 0. The highest BCUT2D eigenvalue weighted by Gasteiger charge is 2.54.